The van der Waals surface area contributed by atoms with Gasteiger partial charge in [-0.05, 0) is 46.6 Å². The predicted octanol–water partition coefficient (Wildman–Crippen LogP) is 2.95. The van der Waals surface area contributed by atoms with E-state index in [0.717, 1.165) is 31.6 Å². The molecule has 5 nitrogen and oxygen atoms in total. The summed E-state index contributed by atoms with van der Waals surface area (Å²) in [6.45, 7) is 9.61. The molecule has 1 aromatic heterocycles. The minimum Gasteiger partial charge on any atom is -0.465 e. The quantitative estimate of drug-likeness (QED) is 0.712. The van der Waals surface area contributed by atoms with Crippen LogP contribution in [0.4, 0.5) is 0 Å². The number of esters is 1. The number of rotatable bonds is 9. The highest BCUT2D eigenvalue weighted by molar-refractivity contribution is 6.31. The van der Waals surface area contributed by atoms with Crippen molar-refractivity contribution in [3.8, 4) is 0 Å². The number of aromatic nitrogens is 2. The van der Waals surface area contributed by atoms with Gasteiger partial charge >= 0.3 is 5.97 Å². The van der Waals surface area contributed by atoms with Gasteiger partial charge in [-0.25, -0.2) is 0 Å². The van der Waals surface area contributed by atoms with Gasteiger partial charge in [0.1, 0.15) is 5.54 Å². The smallest absolute Gasteiger partial charge is 0.326 e. The molecule has 6 heteroatoms. The van der Waals surface area contributed by atoms with E-state index in [4.69, 9.17) is 16.3 Å². The molecule has 0 aromatic carbocycles. The van der Waals surface area contributed by atoms with Crippen molar-refractivity contribution in [1.29, 1.82) is 0 Å². The first kappa shape index (κ1) is 18.0. The van der Waals surface area contributed by atoms with Crippen molar-refractivity contribution in [1.82, 2.24) is 15.1 Å². The Morgan fingerprint density at radius 2 is 2.24 bits per heavy atom. The van der Waals surface area contributed by atoms with Crippen LogP contribution < -0.4 is 5.32 Å². The summed E-state index contributed by atoms with van der Waals surface area (Å²) in [5, 5.41) is 8.30. The number of nitrogens with zero attached hydrogens (tertiary/aromatic N) is 2. The van der Waals surface area contributed by atoms with Crippen molar-refractivity contribution in [3.63, 3.8) is 0 Å². The van der Waals surface area contributed by atoms with E-state index in [-0.39, 0.29) is 5.97 Å². The third-order valence-corrected chi connectivity index (χ3v) is 3.81. The van der Waals surface area contributed by atoms with Gasteiger partial charge in [-0.2, -0.15) is 5.10 Å². The predicted molar refractivity (Wildman–Crippen MR) is 84.5 cm³/mol. The average Bonchev–Trinajstić information content (AvgIpc) is 2.75. The molecule has 0 saturated heterocycles. The largest absolute Gasteiger partial charge is 0.465 e. The molecule has 120 valence electrons. The molecule has 1 rings (SSSR count). The van der Waals surface area contributed by atoms with E-state index in [1.54, 1.807) is 0 Å². The first-order valence-electron chi connectivity index (χ1n) is 7.54. The molecule has 0 aliphatic rings. The highest BCUT2D eigenvalue weighted by Gasteiger charge is 2.33. The fourth-order valence-corrected chi connectivity index (χ4v) is 2.31. The summed E-state index contributed by atoms with van der Waals surface area (Å²) >= 11 is 5.99. The lowest BCUT2D eigenvalue weighted by Crippen LogP contribution is -2.50. The molecule has 21 heavy (non-hydrogen) atoms. The van der Waals surface area contributed by atoms with E-state index in [9.17, 15) is 4.79 Å². The second kappa shape index (κ2) is 8.39. The first-order valence-corrected chi connectivity index (χ1v) is 7.92. The summed E-state index contributed by atoms with van der Waals surface area (Å²) < 4.78 is 7.01. The van der Waals surface area contributed by atoms with E-state index in [1.807, 2.05) is 31.6 Å². The number of carbonyl (C=O) groups is 1. The molecule has 1 unspecified atom stereocenters. The zero-order chi connectivity index (χ0) is 15.9. The lowest BCUT2D eigenvalue weighted by atomic mass is 9.95. The molecule has 1 aromatic rings. The van der Waals surface area contributed by atoms with Crippen LogP contribution in [-0.4, -0.2) is 34.4 Å². The Kier molecular flexibility index (Phi) is 7.18. The van der Waals surface area contributed by atoms with Gasteiger partial charge in [0.05, 0.1) is 17.3 Å². The lowest BCUT2D eigenvalue weighted by Gasteiger charge is -2.28. The van der Waals surface area contributed by atoms with Gasteiger partial charge in [0, 0.05) is 12.7 Å². The Hall–Kier alpha value is -1.07. The molecule has 1 heterocycles. The summed E-state index contributed by atoms with van der Waals surface area (Å²) in [6.07, 6.45) is 4.31. The number of halogens is 1. The maximum Gasteiger partial charge on any atom is 0.326 e. The number of ether oxygens (including phenoxy) is 1. The normalized spacial score (nSPS) is 14.0. The standard InChI is InChI=1S/C15H26ClN3O2/c1-5-9-17-15(4,14(20)21-6-2)8-7-10-19-11-13(16)12(3)18-19/h11,17H,5-10H2,1-4H3. The van der Waals surface area contributed by atoms with Gasteiger partial charge in [-0.3, -0.25) is 9.48 Å². The van der Waals surface area contributed by atoms with E-state index in [1.165, 1.54) is 0 Å². The number of carbonyl (C=O) groups excluding carboxylic acids is 1. The molecule has 0 aliphatic carbocycles. The maximum absolute atomic E-state index is 12.1. The van der Waals surface area contributed by atoms with Crippen molar-refractivity contribution in [2.75, 3.05) is 13.2 Å². The molecule has 0 amide bonds. The van der Waals surface area contributed by atoms with Crippen molar-refractivity contribution >= 4 is 17.6 Å². The summed E-state index contributed by atoms with van der Waals surface area (Å²) in [7, 11) is 0. The second-order valence-corrected chi connectivity index (χ2v) is 5.82. The Morgan fingerprint density at radius 3 is 2.76 bits per heavy atom. The van der Waals surface area contributed by atoms with Gasteiger partial charge < -0.3 is 10.1 Å². The molecule has 0 bridgehead atoms. The van der Waals surface area contributed by atoms with E-state index < -0.39 is 5.54 Å². The zero-order valence-corrected chi connectivity index (χ0v) is 14.2. The fourth-order valence-electron chi connectivity index (χ4n) is 2.16. The second-order valence-electron chi connectivity index (χ2n) is 5.41. The molecular formula is C15H26ClN3O2. The summed E-state index contributed by atoms with van der Waals surface area (Å²) in [6, 6.07) is 0. The maximum atomic E-state index is 12.1. The van der Waals surface area contributed by atoms with Crippen LogP contribution in [0.5, 0.6) is 0 Å². The van der Waals surface area contributed by atoms with Crippen molar-refractivity contribution in [2.24, 2.45) is 0 Å². The number of hydrogen-bond donors (Lipinski definition) is 1. The van der Waals surface area contributed by atoms with Gasteiger partial charge in [-0.1, -0.05) is 18.5 Å². The van der Waals surface area contributed by atoms with E-state index in [2.05, 4.69) is 17.3 Å². The molecule has 0 aliphatic heterocycles. The molecule has 1 N–H and O–H groups in total. The molecular weight excluding hydrogens is 290 g/mol. The lowest BCUT2D eigenvalue weighted by molar-refractivity contribution is -0.150. The SMILES string of the molecule is CCCNC(C)(CCCn1cc(Cl)c(C)n1)C(=O)OCC. The topological polar surface area (TPSA) is 56.2 Å². The molecule has 0 radical (unpaired) electrons. The van der Waals surface area contributed by atoms with Gasteiger partial charge in [-0.15, -0.1) is 0 Å². The van der Waals surface area contributed by atoms with Crippen LogP contribution in [0.2, 0.25) is 5.02 Å². The van der Waals surface area contributed by atoms with Crippen LogP contribution in [0.25, 0.3) is 0 Å². The minimum absolute atomic E-state index is 0.187. The van der Waals surface area contributed by atoms with Crippen molar-refractivity contribution in [2.45, 2.75) is 59.0 Å². The number of aryl methyl sites for hydroxylation is 2. The fraction of sp³-hybridized carbons (Fsp3) is 0.733. The molecule has 0 saturated carbocycles. The van der Waals surface area contributed by atoms with Crippen LogP contribution in [-0.2, 0) is 16.1 Å². The Balaban J connectivity index is 2.57. The van der Waals surface area contributed by atoms with Crippen molar-refractivity contribution < 1.29 is 9.53 Å². The molecule has 0 fully saturated rings. The van der Waals surface area contributed by atoms with Crippen LogP contribution >= 0.6 is 11.6 Å². The monoisotopic (exact) mass is 315 g/mol. The summed E-state index contributed by atoms with van der Waals surface area (Å²) in [5.74, 6) is -0.187. The van der Waals surface area contributed by atoms with Gasteiger partial charge in [0.25, 0.3) is 0 Å². The van der Waals surface area contributed by atoms with Crippen LogP contribution in [0.15, 0.2) is 6.20 Å². The number of hydrogen-bond acceptors (Lipinski definition) is 4. The average molecular weight is 316 g/mol. The van der Waals surface area contributed by atoms with E-state index in [0.29, 0.717) is 18.1 Å². The highest BCUT2D eigenvalue weighted by Crippen LogP contribution is 2.17. The molecule has 1 atom stereocenters. The molecule has 0 spiro atoms. The van der Waals surface area contributed by atoms with Crippen molar-refractivity contribution in [3.05, 3.63) is 16.9 Å². The Bertz CT molecular complexity index is 442. The third kappa shape index (κ3) is 5.32. The third-order valence-electron chi connectivity index (χ3n) is 3.44. The summed E-state index contributed by atoms with van der Waals surface area (Å²) in [4.78, 5) is 12.1. The zero-order valence-electron chi connectivity index (χ0n) is 13.4. The van der Waals surface area contributed by atoms with Crippen LogP contribution in [0.3, 0.4) is 0 Å². The first-order chi connectivity index (χ1) is 9.92. The van der Waals surface area contributed by atoms with Crippen LogP contribution in [0.1, 0.15) is 45.7 Å². The van der Waals surface area contributed by atoms with Gasteiger partial charge in [0.2, 0.25) is 0 Å². The van der Waals surface area contributed by atoms with Gasteiger partial charge in [0.15, 0.2) is 0 Å². The highest BCUT2D eigenvalue weighted by atomic mass is 35.5. The minimum atomic E-state index is -0.641. The Morgan fingerprint density at radius 1 is 1.52 bits per heavy atom. The Labute approximate surface area is 132 Å². The van der Waals surface area contributed by atoms with E-state index >= 15 is 0 Å². The van der Waals surface area contributed by atoms with Crippen LogP contribution in [0, 0.1) is 6.92 Å². The summed E-state index contributed by atoms with van der Waals surface area (Å²) in [5.41, 5.74) is 0.187. The number of nitrogens with one attached hydrogen (secondary N) is 1.